The first-order valence-corrected chi connectivity index (χ1v) is 10.5. The van der Waals surface area contributed by atoms with E-state index in [0.29, 0.717) is 6.42 Å². The molecular formula is C26H31N3O2. The zero-order valence-corrected chi connectivity index (χ0v) is 18.9. The lowest BCUT2D eigenvalue weighted by atomic mass is 9.92. The molecule has 0 aliphatic heterocycles. The van der Waals surface area contributed by atoms with Crippen molar-refractivity contribution < 1.29 is 9.53 Å². The second-order valence-corrected chi connectivity index (χ2v) is 9.01. The Bertz CT molecular complexity index is 1030. The zero-order chi connectivity index (χ0) is 22.4. The summed E-state index contributed by atoms with van der Waals surface area (Å²) in [6.07, 6.45) is 3.60. The second kappa shape index (κ2) is 9.65. The number of pyridine rings is 1. The van der Waals surface area contributed by atoms with Gasteiger partial charge in [0.05, 0.1) is 0 Å². The molecule has 5 nitrogen and oxygen atoms in total. The van der Waals surface area contributed by atoms with Crippen LogP contribution in [0, 0.1) is 19.3 Å². The Morgan fingerprint density at radius 1 is 1.03 bits per heavy atom. The first-order chi connectivity index (χ1) is 14.7. The number of hydrogen-bond acceptors (Lipinski definition) is 4. The summed E-state index contributed by atoms with van der Waals surface area (Å²) < 4.78 is 6.30. The number of aryl methyl sites for hydroxylation is 2. The smallest absolute Gasteiger partial charge is 0.224 e. The van der Waals surface area contributed by atoms with Crippen LogP contribution in [0.5, 0.6) is 5.75 Å². The molecule has 0 aliphatic rings. The molecule has 1 amide bonds. The lowest BCUT2D eigenvalue weighted by Crippen LogP contribution is -2.20. The Kier molecular flexibility index (Phi) is 6.95. The van der Waals surface area contributed by atoms with Crippen molar-refractivity contribution in [2.24, 2.45) is 5.41 Å². The third kappa shape index (κ3) is 6.57. The van der Waals surface area contributed by atoms with Gasteiger partial charge in [0.15, 0.2) is 6.23 Å². The van der Waals surface area contributed by atoms with Gasteiger partial charge in [-0.25, -0.2) is 0 Å². The van der Waals surface area contributed by atoms with E-state index in [1.165, 1.54) is 0 Å². The lowest BCUT2D eigenvalue weighted by Gasteiger charge is -2.23. The van der Waals surface area contributed by atoms with Gasteiger partial charge < -0.3 is 15.4 Å². The SMILES string of the molecule is Cc1cc(NC(Oc2ccccc2C)c2cccnc2)ccc1NC(=O)CC(C)(C)C. The summed E-state index contributed by atoms with van der Waals surface area (Å²) in [7, 11) is 0. The van der Waals surface area contributed by atoms with Gasteiger partial charge in [0, 0.05) is 35.8 Å². The summed E-state index contributed by atoms with van der Waals surface area (Å²) in [4.78, 5) is 16.5. The standard InChI is InChI=1S/C26H31N3O2/c1-18-9-6-7-11-23(18)31-25(20-10-8-14-27-17-20)28-21-12-13-22(19(2)15-21)29-24(30)16-26(3,4)5/h6-15,17,25,28H,16H2,1-5H3,(H,29,30). The molecule has 1 aromatic heterocycles. The van der Waals surface area contributed by atoms with Crippen LogP contribution in [0.4, 0.5) is 11.4 Å². The number of aromatic nitrogens is 1. The number of rotatable bonds is 7. The van der Waals surface area contributed by atoms with Crippen molar-refractivity contribution in [3.05, 3.63) is 83.7 Å². The van der Waals surface area contributed by atoms with Gasteiger partial charge in [-0.2, -0.15) is 0 Å². The summed E-state index contributed by atoms with van der Waals surface area (Å²) in [6.45, 7) is 10.2. The Morgan fingerprint density at radius 2 is 1.81 bits per heavy atom. The predicted molar refractivity (Wildman–Crippen MR) is 126 cm³/mol. The van der Waals surface area contributed by atoms with Crippen LogP contribution < -0.4 is 15.4 Å². The molecule has 0 saturated carbocycles. The summed E-state index contributed by atoms with van der Waals surface area (Å²) >= 11 is 0. The van der Waals surface area contributed by atoms with E-state index < -0.39 is 6.23 Å². The van der Waals surface area contributed by atoms with E-state index in [0.717, 1.165) is 33.8 Å². The van der Waals surface area contributed by atoms with Crippen LogP contribution in [-0.4, -0.2) is 10.9 Å². The molecule has 0 fully saturated rings. The highest BCUT2D eigenvalue weighted by Gasteiger charge is 2.18. The molecule has 0 saturated heterocycles. The van der Waals surface area contributed by atoms with Gasteiger partial charge in [-0.1, -0.05) is 45.0 Å². The maximum atomic E-state index is 12.3. The number of carbonyl (C=O) groups excluding carboxylic acids is 1. The largest absolute Gasteiger partial charge is 0.466 e. The monoisotopic (exact) mass is 417 g/mol. The van der Waals surface area contributed by atoms with Crippen LogP contribution in [0.3, 0.4) is 0 Å². The van der Waals surface area contributed by atoms with Crippen molar-refractivity contribution in [2.45, 2.75) is 47.3 Å². The number of amides is 1. The van der Waals surface area contributed by atoms with E-state index in [1.54, 1.807) is 12.4 Å². The fourth-order valence-electron chi connectivity index (χ4n) is 3.25. The van der Waals surface area contributed by atoms with Crippen LogP contribution in [0.25, 0.3) is 0 Å². The van der Waals surface area contributed by atoms with E-state index in [1.807, 2.05) is 68.4 Å². The summed E-state index contributed by atoms with van der Waals surface area (Å²) in [5.74, 6) is 0.832. The number of nitrogens with one attached hydrogen (secondary N) is 2. The maximum Gasteiger partial charge on any atom is 0.224 e. The second-order valence-electron chi connectivity index (χ2n) is 9.01. The van der Waals surface area contributed by atoms with Gasteiger partial charge >= 0.3 is 0 Å². The molecular weight excluding hydrogens is 386 g/mol. The molecule has 1 heterocycles. The van der Waals surface area contributed by atoms with Crippen molar-refractivity contribution in [1.29, 1.82) is 0 Å². The van der Waals surface area contributed by atoms with Crippen LogP contribution in [0.15, 0.2) is 67.0 Å². The van der Waals surface area contributed by atoms with Crippen molar-refractivity contribution in [3.63, 3.8) is 0 Å². The van der Waals surface area contributed by atoms with E-state index >= 15 is 0 Å². The molecule has 0 bridgehead atoms. The van der Waals surface area contributed by atoms with Crippen molar-refractivity contribution in [3.8, 4) is 5.75 Å². The molecule has 0 spiro atoms. The van der Waals surface area contributed by atoms with Crippen molar-refractivity contribution >= 4 is 17.3 Å². The van der Waals surface area contributed by atoms with Gasteiger partial charge in [-0.15, -0.1) is 0 Å². The highest BCUT2D eigenvalue weighted by atomic mass is 16.5. The molecule has 1 atom stereocenters. The van der Waals surface area contributed by atoms with Gasteiger partial charge in [0.25, 0.3) is 0 Å². The van der Waals surface area contributed by atoms with Crippen molar-refractivity contribution in [2.75, 3.05) is 10.6 Å². The van der Waals surface area contributed by atoms with E-state index in [2.05, 4.69) is 36.4 Å². The minimum Gasteiger partial charge on any atom is -0.466 e. The Balaban J connectivity index is 1.79. The van der Waals surface area contributed by atoms with Crippen LogP contribution >= 0.6 is 0 Å². The Labute approximate surface area is 184 Å². The van der Waals surface area contributed by atoms with Gasteiger partial charge in [0.2, 0.25) is 5.91 Å². The lowest BCUT2D eigenvalue weighted by molar-refractivity contribution is -0.117. The van der Waals surface area contributed by atoms with Crippen LogP contribution in [0.2, 0.25) is 0 Å². The third-order valence-corrected chi connectivity index (χ3v) is 4.81. The Hall–Kier alpha value is -3.34. The minimum absolute atomic E-state index is 0.0208. The average molecular weight is 418 g/mol. The third-order valence-electron chi connectivity index (χ3n) is 4.81. The fraction of sp³-hybridized carbons (Fsp3) is 0.308. The first kappa shape index (κ1) is 22.3. The molecule has 1 unspecified atom stereocenters. The molecule has 31 heavy (non-hydrogen) atoms. The summed E-state index contributed by atoms with van der Waals surface area (Å²) in [5.41, 5.74) is 4.63. The number of anilines is 2. The predicted octanol–water partition coefficient (Wildman–Crippen LogP) is 6.26. The van der Waals surface area contributed by atoms with Gasteiger partial charge in [-0.05, 0) is 60.7 Å². The molecule has 2 aromatic carbocycles. The van der Waals surface area contributed by atoms with Gasteiger partial charge in [0.1, 0.15) is 5.75 Å². The number of ether oxygens (including phenoxy) is 1. The Morgan fingerprint density at radius 3 is 2.45 bits per heavy atom. The number of benzene rings is 2. The normalized spacial score (nSPS) is 12.2. The number of nitrogens with zero attached hydrogens (tertiary/aromatic N) is 1. The molecule has 0 radical (unpaired) electrons. The number of carbonyl (C=O) groups is 1. The fourth-order valence-corrected chi connectivity index (χ4v) is 3.25. The summed E-state index contributed by atoms with van der Waals surface area (Å²) in [6, 6.07) is 17.7. The van der Waals surface area contributed by atoms with Crippen LogP contribution in [-0.2, 0) is 4.79 Å². The average Bonchev–Trinajstić information content (AvgIpc) is 2.70. The molecule has 5 heteroatoms. The van der Waals surface area contributed by atoms with E-state index in [9.17, 15) is 4.79 Å². The summed E-state index contributed by atoms with van der Waals surface area (Å²) in [5, 5.41) is 6.47. The molecule has 3 aromatic rings. The highest BCUT2D eigenvalue weighted by molar-refractivity contribution is 5.92. The number of para-hydroxylation sites is 1. The molecule has 3 rings (SSSR count). The minimum atomic E-state index is -0.407. The molecule has 2 N–H and O–H groups in total. The quantitative estimate of drug-likeness (QED) is 0.445. The van der Waals surface area contributed by atoms with Crippen molar-refractivity contribution in [1.82, 2.24) is 4.98 Å². The van der Waals surface area contributed by atoms with Crippen LogP contribution in [0.1, 0.15) is 50.1 Å². The topological polar surface area (TPSA) is 63.2 Å². The zero-order valence-electron chi connectivity index (χ0n) is 18.9. The van der Waals surface area contributed by atoms with Gasteiger partial charge in [-0.3, -0.25) is 9.78 Å². The first-order valence-electron chi connectivity index (χ1n) is 10.5. The maximum absolute atomic E-state index is 12.3. The molecule has 0 aliphatic carbocycles. The highest BCUT2D eigenvalue weighted by Crippen LogP contribution is 2.28. The van der Waals surface area contributed by atoms with E-state index in [4.69, 9.17) is 4.74 Å². The van der Waals surface area contributed by atoms with E-state index in [-0.39, 0.29) is 11.3 Å². The molecule has 162 valence electrons. The number of hydrogen-bond donors (Lipinski definition) is 2.